The second-order valence-electron chi connectivity index (χ2n) is 7.85. The van der Waals surface area contributed by atoms with E-state index in [1.54, 1.807) is 24.3 Å². The fourth-order valence-electron chi connectivity index (χ4n) is 4.58. The van der Waals surface area contributed by atoms with Gasteiger partial charge in [-0.3, -0.25) is 0 Å². The summed E-state index contributed by atoms with van der Waals surface area (Å²) in [5.74, 6) is -0.175. The Labute approximate surface area is 165 Å². The third-order valence-electron chi connectivity index (χ3n) is 6.07. The Morgan fingerprint density at radius 3 is 1.39 bits per heavy atom. The van der Waals surface area contributed by atoms with E-state index >= 15 is 0 Å². The van der Waals surface area contributed by atoms with Crippen LogP contribution in [0.4, 0.5) is 0 Å². The van der Waals surface area contributed by atoms with E-state index in [1.807, 2.05) is 36.4 Å². The van der Waals surface area contributed by atoms with Crippen molar-refractivity contribution < 1.29 is 19.1 Å². The van der Waals surface area contributed by atoms with Gasteiger partial charge in [0, 0.05) is 0 Å². The van der Waals surface area contributed by atoms with Gasteiger partial charge in [0.25, 0.3) is 0 Å². The summed E-state index contributed by atoms with van der Waals surface area (Å²) < 4.78 is 12.0. The summed E-state index contributed by atoms with van der Waals surface area (Å²) in [4.78, 5) is 25.5. The predicted octanol–water partition coefficient (Wildman–Crippen LogP) is 5.04. The van der Waals surface area contributed by atoms with Crippen molar-refractivity contribution in [1.82, 2.24) is 0 Å². The maximum atomic E-state index is 12.7. The van der Waals surface area contributed by atoms with E-state index < -0.39 is 0 Å². The molecule has 4 unspecified atom stereocenters. The molecule has 0 amide bonds. The lowest BCUT2D eigenvalue weighted by Crippen LogP contribution is -2.49. The highest BCUT2D eigenvalue weighted by Gasteiger charge is 2.45. The van der Waals surface area contributed by atoms with Crippen LogP contribution in [0.1, 0.15) is 59.2 Å². The first-order valence-electron chi connectivity index (χ1n) is 10.2. The first-order valence-corrected chi connectivity index (χ1v) is 10.2. The molecular weight excluding hydrogens is 352 g/mol. The monoisotopic (exact) mass is 378 g/mol. The van der Waals surface area contributed by atoms with Gasteiger partial charge in [0.2, 0.25) is 0 Å². The van der Waals surface area contributed by atoms with Gasteiger partial charge in [-0.25, -0.2) is 9.59 Å². The molecule has 2 aliphatic carbocycles. The van der Waals surface area contributed by atoms with E-state index in [4.69, 9.17) is 9.47 Å². The van der Waals surface area contributed by atoms with Gasteiger partial charge < -0.3 is 9.47 Å². The topological polar surface area (TPSA) is 52.6 Å². The van der Waals surface area contributed by atoms with Gasteiger partial charge in [0.15, 0.2) is 0 Å². The number of ether oxygens (including phenoxy) is 2. The van der Waals surface area contributed by atoms with E-state index in [1.165, 1.54) is 0 Å². The number of hydrogen-bond donors (Lipinski definition) is 0. The van der Waals surface area contributed by atoms with Gasteiger partial charge in [-0.1, -0.05) is 49.2 Å². The Morgan fingerprint density at radius 2 is 1.00 bits per heavy atom. The van der Waals surface area contributed by atoms with Gasteiger partial charge in [-0.05, 0) is 61.8 Å². The molecule has 2 bridgehead atoms. The molecule has 0 spiro atoms. The molecule has 4 rings (SSSR count). The zero-order chi connectivity index (χ0) is 19.3. The summed E-state index contributed by atoms with van der Waals surface area (Å²) in [7, 11) is 0. The Hall–Kier alpha value is -2.62. The van der Waals surface area contributed by atoms with Crippen LogP contribution in [-0.4, -0.2) is 24.1 Å². The summed E-state index contributed by atoms with van der Waals surface area (Å²) in [6.45, 7) is 0. The van der Waals surface area contributed by atoms with Crippen molar-refractivity contribution in [2.24, 2.45) is 11.8 Å². The maximum Gasteiger partial charge on any atom is 0.338 e. The molecule has 2 aromatic rings. The number of rotatable bonds is 4. The van der Waals surface area contributed by atoms with Crippen molar-refractivity contribution in [3.05, 3.63) is 71.8 Å². The third kappa shape index (κ3) is 4.11. The van der Waals surface area contributed by atoms with Gasteiger partial charge in [0.1, 0.15) is 12.2 Å². The molecule has 0 N–H and O–H groups in total. The molecule has 4 atom stereocenters. The SMILES string of the molecule is O=C(OC1C2CCCCC(CC2)C1OC(=O)c1ccccc1)c1ccccc1. The number of carbonyl (C=O) groups excluding carboxylic acids is 2. The van der Waals surface area contributed by atoms with Crippen molar-refractivity contribution in [1.29, 1.82) is 0 Å². The van der Waals surface area contributed by atoms with Crippen LogP contribution in [0.15, 0.2) is 60.7 Å². The van der Waals surface area contributed by atoms with Crippen LogP contribution in [0.3, 0.4) is 0 Å². The summed E-state index contributed by atoms with van der Waals surface area (Å²) in [5, 5.41) is 0. The van der Waals surface area contributed by atoms with E-state index in [0.29, 0.717) is 11.1 Å². The molecule has 4 nitrogen and oxygen atoms in total. The lowest BCUT2D eigenvalue weighted by atomic mass is 9.71. The molecule has 0 aromatic heterocycles. The Kier molecular flexibility index (Phi) is 5.75. The van der Waals surface area contributed by atoms with Crippen LogP contribution in [-0.2, 0) is 9.47 Å². The minimum Gasteiger partial charge on any atom is -0.455 e. The van der Waals surface area contributed by atoms with Crippen LogP contribution in [0.25, 0.3) is 0 Å². The molecule has 0 heterocycles. The Bertz CT molecular complexity index is 728. The molecule has 146 valence electrons. The highest BCUT2D eigenvalue weighted by molar-refractivity contribution is 5.90. The molecule has 2 fully saturated rings. The van der Waals surface area contributed by atoms with Gasteiger partial charge >= 0.3 is 11.9 Å². The van der Waals surface area contributed by atoms with Crippen molar-refractivity contribution in [2.45, 2.75) is 50.7 Å². The third-order valence-corrected chi connectivity index (χ3v) is 6.07. The van der Waals surface area contributed by atoms with E-state index in [2.05, 4.69) is 0 Å². The second kappa shape index (κ2) is 8.59. The standard InChI is InChI=1S/C24H26O4/c25-23(19-11-3-1-4-12-19)27-21-17-9-7-8-10-18(16-15-17)22(21)28-24(26)20-13-5-2-6-14-20/h1-6,11-14,17-18,21-22H,7-10,15-16H2. The Morgan fingerprint density at radius 1 is 0.607 bits per heavy atom. The molecule has 2 aromatic carbocycles. The summed E-state index contributed by atoms with van der Waals surface area (Å²) >= 11 is 0. The maximum absolute atomic E-state index is 12.7. The van der Waals surface area contributed by atoms with Crippen molar-refractivity contribution in [2.75, 3.05) is 0 Å². The van der Waals surface area contributed by atoms with Crippen LogP contribution in [0, 0.1) is 11.8 Å². The minimum atomic E-state index is -0.376. The lowest BCUT2D eigenvalue weighted by molar-refractivity contribution is -0.105. The van der Waals surface area contributed by atoms with Gasteiger partial charge in [0.05, 0.1) is 11.1 Å². The van der Waals surface area contributed by atoms with Crippen molar-refractivity contribution in [3.63, 3.8) is 0 Å². The van der Waals surface area contributed by atoms with Crippen LogP contribution in [0.2, 0.25) is 0 Å². The highest BCUT2D eigenvalue weighted by Crippen LogP contribution is 2.41. The quantitative estimate of drug-likeness (QED) is 0.700. The fourth-order valence-corrected chi connectivity index (χ4v) is 4.58. The van der Waals surface area contributed by atoms with E-state index in [-0.39, 0.29) is 36.0 Å². The molecule has 4 heteroatoms. The first-order chi connectivity index (χ1) is 13.7. The van der Waals surface area contributed by atoms with Crippen LogP contribution >= 0.6 is 0 Å². The molecule has 0 aliphatic heterocycles. The van der Waals surface area contributed by atoms with E-state index in [0.717, 1.165) is 38.5 Å². The smallest absolute Gasteiger partial charge is 0.338 e. The van der Waals surface area contributed by atoms with E-state index in [9.17, 15) is 9.59 Å². The van der Waals surface area contributed by atoms with Crippen LogP contribution in [0.5, 0.6) is 0 Å². The zero-order valence-electron chi connectivity index (χ0n) is 16.0. The summed E-state index contributed by atoms with van der Waals surface area (Å²) in [5.41, 5.74) is 1.07. The molecular formula is C24H26O4. The van der Waals surface area contributed by atoms with Crippen molar-refractivity contribution >= 4 is 11.9 Å². The normalized spacial score (nSPS) is 26.7. The highest BCUT2D eigenvalue weighted by atomic mass is 16.6. The number of fused-ring (bicyclic) bond motifs is 3. The molecule has 0 saturated heterocycles. The van der Waals surface area contributed by atoms with Gasteiger partial charge in [-0.15, -0.1) is 0 Å². The Balaban J connectivity index is 1.56. The fraction of sp³-hybridized carbons (Fsp3) is 0.417. The largest absolute Gasteiger partial charge is 0.455 e. The number of benzene rings is 2. The van der Waals surface area contributed by atoms with Crippen LogP contribution < -0.4 is 0 Å². The predicted molar refractivity (Wildman–Crippen MR) is 106 cm³/mol. The second-order valence-corrected chi connectivity index (χ2v) is 7.85. The average Bonchev–Trinajstić information content (AvgIpc) is 2.72. The molecule has 2 aliphatic rings. The molecule has 2 saturated carbocycles. The average molecular weight is 378 g/mol. The number of carbonyl (C=O) groups is 2. The number of hydrogen-bond acceptors (Lipinski definition) is 4. The molecule has 28 heavy (non-hydrogen) atoms. The zero-order valence-corrected chi connectivity index (χ0v) is 16.0. The molecule has 0 radical (unpaired) electrons. The first kappa shape index (κ1) is 18.7. The minimum absolute atomic E-state index is 0.248. The number of esters is 2. The van der Waals surface area contributed by atoms with Crippen molar-refractivity contribution in [3.8, 4) is 0 Å². The lowest BCUT2D eigenvalue weighted by Gasteiger charge is -2.43. The van der Waals surface area contributed by atoms with Gasteiger partial charge in [-0.2, -0.15) is 0 Å². The summed E-state index contributed by atoms with van der Waals surface area (Å²) in [6, 6.07) is 18.1. The summed E-state index contributed by atoms with van der Waals surface area (Å²) in [6.07, 6.45) is 5.60.